The summed E-state index contributed by atoms with van der Waals surface area (Å²) in [5.41, 5.74) is 1.19. The number of carbonyl (C=O) groups excluding carboxylic acids is 2. The van der Waals surface area contributed by atoms with E-state index in [9.17, 15) is 21.9 Å². The molecule has 160 valence electrons. The van der Waals surface area contributed by atoms with Crippen LogP contribution in [-0.4, -0.2) is 51.5 Å². The number of carbonyl (C=O) groups is 2. The zero-order valence-corrected chi connectivity index (χ0v) is 17.1. The molecule has 8 nitrogen and oxygen atoms in total. The lowest BCUT2D eigenvalue weighted by Crippen LogP contribution is -2.35. The van der Waals surface area contributed by atoms with Crippen LogP contribution in [0.25, 0.3) is 0 Å². The van der Waals surface area contributed by atoms with Gasteiger partial charge in [0.15, 0.2) is 0 Å². The molecule has 0 fully saturated rings. The Morgan fingerprint density at radius 2 is 2.03 bits per heavy atom. The fraction of sp³-hybridized carbons (Fsp3) is 0.300. The second-order valence-electron chi connectivity index (χ2n) is 6.54. The average molecular weight is 436 g/mol. The molecule has 0 aliphatic carbocycles. The first-order valence-electron chi connectivity index (χ1n) is 9.25. The molecular weight excluding hydrogens is 415 g/mol. The van der Waals surface area contributed by atoms with Gasteiger partial charge in [0.05, 0.1) is 11.4 Å². The minimum Gasteiger partial charge on any atom is -0.491 e. The Morgan fingerprint density at radius 1 is 1.23 bits per heavy atom. The highest BCUT2D eigenvalue weighted by Gasteiger charge is 2.21. The molecule has 0 saturated heterocycles. The fourth-order valence-electron chi connectivity index (χ4n) is 2.93. The molecule has 2 aromatic carbocycles. The third kappa shape index (κ3) is 5.33. The number of amides is 2. The molecule has 0 saturated carbocycles. The van der Waals surface area contributed by atoms with E-state index >= 15 is 0 Å². The van der Waals surface area contributed by atoms with Crippen molar-refractivity contribution >= 4 is 27.7 Å². The van der Waals surface area contributed by atoms with Gasteiger partial charge in [-0.05, 0) is 31.2 Å². The molecule has 3 rings (SSSR count). The number of anilines is 1. The number of benzene rings is 2. The molecule has 0 aromatic heterocycles. The highest BCUT2D eigenvalue weighted by atomic mass is 32.3. The fourth-order valence-corrected chi connectivity index (χ4v) is 3.44. The number of fused-ring (bicyclic) bond motifs is 1. The largest absolute Gasteiger partial charge is 0.491 e. The van der Waals surface area contributed by atoms with Crippen LogP contribution in [0.5, 0.6) is 5.75 Å². The summed E-state index contributed by atoms with van der Waals surface area (Å²) in [5, 5.41) is 2.63. The SMILES string of the molecule is CCOCC(=O)N1CCOc2cc(NC(=O)c3cccc(S(=O)(=O)F)c3)ccc2C1. The minimum absolute atomic E-state index is 0.00252. The van der Waals surface area contributed by atoms with E-state index < -0.39 is 21.0 Å². The first kappa shape index (κ1) is 21.7. The lowest BCUT2D eigenvalue weighted by Gasteiger charge is -2.19. The summed E-state index contributed by atoms with van der Waals surface area (Å²) in [4.78, 5) is 25.7. The number of halogens is 1. The van der Waals surface area contributed by atoms with Gasteiger partial charge in [0.1, 0.15) is 19.0 Å². The quantitative estimate of drug-likeness (QED) is 0.698. The van der Waals surface area contributed by atoms with Crippen LogP contribution in [-0.2, 0) is 26.3 Å². The van der Waals surface area contributed by atoms with Crippen molar-refractivity contribution in [2.75, 3.05) is 31.7 Å². The van der Waals surface area contributed by atoms with Crippen molar-refractivity contribution in [3.63, 3.8) is 0 Å². The summed E-state index contributed by atoms with van der Waals surface area (Å²) >= 11 is 0. The normalized spacial score (nSPS) is 13.7. The number of hydrogen-bond donors (Lipinski definition) is 1. The Balaban J connectivity index is 1.73. The Labute approximate surface area is 173 Å². The molecule has 1 aliphatic heterocycles. The number of nitrogens with zero attached hydrogens (tertiary/aromatic N) is 1. The molecule has 10 heteroatoms. The number of ether oxygens (including phenoxy) is 2. The molecule has 0 atom stereocenters. The Hall–Kier alpha value is -2.98. The lowest BCUT2D eigenvalue weighted by molar-refractivity contribution is -0.136. The summed E-state index contributed by atoms with van der Waals surface area (Å²) in [6.07, 6.45) is 0. The van der Waals surface area contributed by atoms with E-state index in [1.165, 1.54) is 12.1 Å². The predicted molar refractivity (Wildman–Crippen MR) is 107 cm³/mol. The summed E-state index contributed by atoms with van der Waals surface area (Å²) in [7, 11) is -4.91. The third-order valence-corrected chi connectivity index (χ3v) is 5.28. The Kier molecular flexibility index (Phi) is 6.68. The van der Waals surface area contributed by atoms with Crippen LogP contribution in [0, 0.1) is 0 Å². The third-order valence-electron chi connectivity index (χ3n) is 4.47. The maximum Gasteiger partial charge on any atom is 0.332 e. The summed E-state index contributed by atoms with van der Waals surface area (Å²) in [6.45, 7) is 3.33. The molecule has 2 amide bonds. The van der Waals surface area contributed by atoms with E-state index in [1.54, 1.807) is 23.1 Å². The average Bonchev–Trinajstić information content (AvgIpc) is 2.93. The number of hydrogen-bond acceptors (Lipinski definition) is 6. The van der Waals surface area contributed by atoms with Crippen molar-refractivity contribution < 1.29 is 31.4 Å². The van der Waals surface area contributed by atoms with E-state index in [2.05, 4.69) is 5.32 Å². The van der Waals surface area contributed by atoms with Crippen molar-refractivity contribution in [3.8, 4) is 5.75 Å². The highest BCUT2D eigenvalue weighted by molar-refractivity contribution is 7.86. The Bertz CT molecular complexity index is 1060. The van der Waals surface area contributed by atoms with Gasteiger partial charge in [-0.15, -0.1) is 3.89 Å². The second kappa shape index (κ2) is 9.23. The molecule has 2 aromatic rings. The van der Waals surface area contributed by atoms with E-state index in [-0.39, 0.29) is 18.1 Å². The van der Waals surface area contributed by atoms with E-state index in [0.29, 0.717) is 37.7 Å². The molecule has 0 unspecified atom stereocenters. The van der Waals surface area contributed by atoms with Crippen LogP contribution in [0.15, 0.2) is 47.4 Å². The van der Waals surface area contributed by atoms with Gasteiger partial charge in [0.2, 0.25) is 5.91 Å². The second-order valence-corrected chi connectivity index (χ2v) is 7.89. The predicted octanol–water partition coefficient (Wildman–Crippen LogP) is 2.35. The van der Waals surface area contributed by atoms with Crippen LogP contribution in [0.2, 0.25) is 0 Å². The molecule has 0 spiro atoms. The van der Waals surface area contributed by atoms with Crippen LogP contribution in [0.1, 0.15) is 22.8 Å². The molecule has 1 heterocycles. The van der Waals surface area contributed by atoms with Gasteiger partial charge in [-0.2, -0.15) is 8.42 Å². The zero-order valence-electron chi connectivity index (χ0n) is 16.3. The van der Waals surface area contributed by atoms with E-state index in [1.807, 2.05) is 6.92 Å². The van der Waals surface area contributed by atoms with Gasteiger partial charge >= 0.3 is 10.2 Å². The van der Waals surface area contributed by atoms with Gasteiger partial charge in [0.25, 0.3) is 5.91 Å². The van der Waals surface area contributed by atoms with Crippen LogP contribution < -0.4 is 10.1 Å². The monoisotopic (exact) mass is 436 g/mol. The maximum atomic E-state index is 13.2. The molecule has 1 aliphatic rings. The van der Waals surface area contributed by atoms with Crippen LogP contribution in [0.4, 0.5) is 9.57 Å². The highest BCUT2D eigenvalue weighted by Crippen LogP contribution is 2.27. The van der Waals surface area contributed by atoms with Gasteiger partial charge in [0, 0.05) is 36.0 Å². The molecule has 0 bridgehead atoms. The molecular formula is C20H21FN2O6S. The van der Waals surface area contributed by atoms with Crippen molar-refractivity contribution in [1.82, 2.24) is 4.90 Å². The summed E-state index contributed by atoms with van der Waals surface area (Å²) in [5.74, 6) is -0.199. The van der Waals surface area contributed by atoms with Gasteiger partial charge in [-0.25, -0.2) is 0 Å². The molecule has 30 heavy (non-hydrogen) atoms. The van der Waals surface area contributed by atoms with Crippen molar-refractivity contribution in [2.45, 2.75) is 18.4 Å². The number of nitrogens with one attached hydrogen (secondary N) is 1. The van der Waals surface area contributed by atoms with Crippen LogP contribution >= 0.6 is 0 Å². The topological polar surface area (TPSA) is 102 Å². The minimum atomic E-state index is -4.91. The van der Waals surface area contributed by atoms with E-state index in [4.69, 9.17) is 9.47 Å². The lowest BCUT2D eigenvalue weighted by atomic mass is 10.1. The number of rotatable bonds is 6. The van der Waals surface area contributed by atoms with Gasteiger partial charge in [-0.1, -0.05) is 12.1 Å². The first-order valence-corrected chi connectivity index (χ1v) is 10.6. The zero-order chi connectivity index (χ0) is 21.7. The molecule has 1 N–H and O–H groups in total. The van der Waals surface area contributed by atoms with Crippen molar-refractivity contribution in [1.29, 1.82) is 0 Å². The standard InChI is InChI=1S/C20H21FN2O6S/c1-2-28-13-19(24)23-8-9-29-18-11-16(7-6-15(18)12-23)22-20(25)14-4-3-5-17(10-14)30(21,26)27/h3-7,10-11H,2,8-9,12-13H2,1H3,(H,22,25). The maximum absolute atomic E-state index is 13.2. The van der Waals surface area contributed by atoms with Gasteiger partial charge in [-0.3, -0.25) is 9.59 Å². The van der Waals surface area contributed by atoms with Crippen LogP contribution in [0.3, 0.4) is 0 Å². The Morgan fingerprint density at radius 3 is 2.77 bits per heavy atom. The summed E-state index contributed by atoms with van der Waals surface area (Å²) < 4.78 is 46.1. The van der Waals surface area contributed by atoms with Gasteiger partial charge < -0.3 is 19.7 Å². The van der Waals surface area contributed by atoms with E-state index in [0.717, 1.165) is 17.7 Å². The van der Waals surface area contributed by atoms with Crippen molar-refractivity contribution in [2.24, 2.45) is 0 Å². The van der Waals surface area contributed by atoms with Crippen molar-refractivity contribution in [3.05, 3.63) is 53.6 Å². The summed E-state index contributed by atoms with van der Waals surface area (Å²) in [6, 6.07) is 9.71. The first-order chi connectivity index (χ1) is 14.3. The smallest absolute Gasteiger partial charge is 0.332 e. The molecule has 0 radical (unpaired) electrons.